The molecule has 1 rings (SSSR count). The summed E-state index contributed by atoms with van der Waals surface area (Å²) in [7, 11) is -1.21. The van der Waals surface area contributed by atoms with Gasteiger partial charge in [-0.05, 0) is 46.2 Å². The van der Waals surface area contributed by atoms with E-state index in [4.69, 9.17) is 4.74 Å². The van der Waals surface area contributed by atoms with Gasteiger partial charge in [0.2, 0.25) is 0 Å². The van der Waals surface area contributed by atoms with Crippen LogP contribution in [0.4, 0.5) is 8.78 Å². The minimum absolute atomic E-state index is 0.215. The Kier molecular flexibility index (Phi) is 6.22. The van der Waals surface area contributed by atoms with E-state index in [1.807, 2.05) is 27.7 Å². The number of nitrogens with one attached hydrogen (secondary N) is 1. The molecule has 4 nitrogen and oxygen atoms in total. The standard InChI is InChI=1S/C14H22F2N2O2S/c1-9-6-11(10(2)18-21(19)14(3,4)5)17-7-12(9)20-8-13(15)16/h6-7,10,13,18H,8H2,1-5H3/t10?,21-/m1/s1. The van der Waals surface area contributed by atoms with Crippen LogP contribution in [0.15, 0.2) is 12.3 Å². The zero-order valence-electron chi connectivity index (χ0n) is 12.9. The lowest BCUT2D eigenvalue weighted by molar-refractivity contribution is 0.0813. The van der Waals surface area contributed by atoms with Gasteiger partial charge in [0.1, 0.15) is 12.4 Å². The van der Waals surface area contributed by atoms with Crippen molar-refractivity contribution in [2.24, 2.45) is 0 Å². The Labute approximate surface area is 126 Å². The summed E-state index contributed by atoms with van der Waals surface area (Å²) < 4.78 is 43.9. The predicted molar refractivity (Wildman–Crippen MR) is 79.9 cm³/mol. The molecule has 0 spiro atoms. The Hall–Kier alpha value is -1.08. The molecule has 0 aliphatic heterocycles. The normalized spacial score (nSPS) is 15.0. The molecular weight excluding hydrogens is 298 g/mol. The summed E-state index contributed by atoms with van der Waals surface area (Å²) >= 11 is 0. The highest BCUT2D eigenvalue weighted by molar-refractivity contribution is 7.84. The molecule has 0 saturated carbocycles. The van der Waals surface area contributed by atoms with E-state index in [9.17, 15) is 13.0 Å². The van der Waals surface area contributed by atoms with Gasteiger partial charge >= 0.3 is 0 Å². The third kappa shape index (κ3) is 5.67. The number of halogens is 2. The largest absolute Gasteiger partial charge is 0.486 e. The zero-order chi connectivity index (χ0) is 16.2. The van der Waals surface area contributed by atoms with Crippen molar-refractivity contribution in [2.45, 2.75) is 51.8 Å². The molecule has 1 aromatic rings. The highest BCUT2D eigenvalue weighted by Gasteiger charge is 2.22. The number of nitrogens with zero attached hydrogens (tertiary/aromatic N) is 1. The minimum Gasteiger partial charge on any atom is -0.486 e. The number of aryl methyl sites for hydroxylation is 1. The van der Waals surface area contributed by atoms with Crippen molar-refractivity contribution in [2.75, 3.05) is 6.61 Å². The van der Waals surface area contributed by atoms with Gasteiger partial charge in [0.25, 0.3) is 6.43 Å². The second-order valence-electron chi connectivity index (χ2n) is 5.80. The summed E-state index contributed by atoms with van der Waals surface area (Å²) in [5.41, 5.74) is 1.41. The van der Waals surface area contributed by atoms with E-state index in [0.29, 0.717) is 11.4 Å². The number of hydrogen-bond acceptors (Lipinski definition) is 3. The Morgan fingerprint density at radius 3 is 2.52 bits per heavy atom. The van der Waals surface area contributed by atoms with Gasteiger partial charge in [0, 0.05) is 0 Å². The van der Waals surface area contributed by atoms with Crippen LogP contribution in [0.1, 0.15) is 45.0 Å². The summed E-state index contributed by atoms with van der Waals surface area (Å²) in [6.45, 7) is 8.60. The number of alkyl halides is 2. The third-order valence-corrected chi connectivity index (χ3v) is 4.41. The van der Waals surface area contributed by atoms with Crippen LogP contribution < -0.4 is 9.46 Å². The second kappa shape index (κ2) is 7.26. The number of rotatable bonds is 6. The number of pyridine rings is 1. The molecule has 1 N–H and O–H groups in total. The lowest BCUT2D eigenvalue weighted by atomic mass is 10.1. The molecule has 1 aromatic heterocycles. The van der Waals surface area contributed by atoms with Crippen LogP contribution in [0.5, 0.6) is 5.75 Å². The summed E-state index contributed by atoms with van der Waals surface area (Å²) in [6, 6.07) is 1.53. The lowest BCUT2D eigenvalue weighted by Crippen LogP contribution is -2.35. The van der Waals surface area contributed by atoms with Gasteiger partial charge in [-0.3, -0.25) is 4.98 Å². The van der Waals surface area contributed by atoms with Gasteiger partial charge in [0.15, 0.2) is 0 Å². The molecule has 0 saturated heterocycles. The average Bonchev–Trinajstić information content (AvgIpc) is 2.35. The summed E-state index contributed by atoms with van der Waals surface area (Å²) in [4.78, 5) is 4.19. The number of hydrogen-bond donors (Lipinski definition) is 1. The summed E-state index contributed by atoms with van der Waals surface area (Å²) in [6.07, 6.45) is -1.09. The Morgan fingerprint density at radius 2 is 2.05 bits per heavy atom. The molecular formula is C14H22F2N2O2S. The topological polar surface area (TPSA) is 51.2 Å². The molecule has 2 atom stereocenters. The molecule has 0 aromatic carbocycles. The van der Waals surface area contributed by atoms with Gasteiger partial charge in [-0.25, -0.2) is 17.7 Å². The van der Waals surface area contributed by atoms with Gasteiger partial charge in [0.05, 0.1) is 33.7 Å². The van der Waals surface area contributed by atoms with Crippen LogP contribution >= 0.6 is 0 Å². The monoisotopic (exact) mass is 320 g/mol. The Bertz CT molecular complexity index is 504. The van der Waals surface area contributed by atoms with E-state index >= 15 is 0 Å². The fraction of sp³-hybridized carbons (Fsp3) is 0.643. The first-order chi connectivity index (χ1) is 9.61. The summed E-state index contributed by atoms with van der Waals surface area (Å²) in [5.74, 6) is 0.336. The Balaban J connectivity index is 2.76. The quantitative estimate of drug-likeness (QED) is 0.876. The SMILES string of the molecule is Cc1cc(C(C)N[S@](=O)C(C)(C)C)ncc1OCC(F)F. The summed E-state index contributed by atoms with van der Waals surface area (Å²) in [5, 5.41) is 0. The number of ether oxygens (including phenoxy) is 1. The molecule has 1 unspecified atom stereocenters. The zero-order valence-corrected chi connectivity index (χ0v) is 13.8. The van der Waals surface area contributed by atoms with Crippen molar-refractivity contribution in [1.82, 2.24) is 9.71 Å². The minimum atomic E-state index is -2.51. The molecule has 0 aliphatic rings. The highest BCUT2D eigenvalue weighted by Crippen LogP contribution is 2.22. The maximum Gasteiger partial charge on any atom is 0.272 e. The van der Waals surface area contributed by atoms with Crippen LogP contribution in [0.2, 0.25) is 0 Å². The fourth-order valence-electron chi connectivity index (χ4n) is 1.50. The van der Waals surface area contributed by atoms with Crippen LogP contribution in [-0.2, 0) is 11.0 Å². The predicted octanol–water partition coefficient (Wildman–Crippen LogP) is 3.15. The van der Waals surface area contributed by atoms with E-state index < -0.39 is 24.0 Å². The number of aromatic nitrogens is 1. The molecule has 0 fully saturated rings. The van der Waals surface area contributed by atoms with Crippen molar-refractivity contribution in [1.29, 1.82) is 0 Å². The van der Waals surface area contributed by atoms with E-state index in [2.05, 4.69) is 9.71 Å². The third-order valence-electron chi connectivity index (χ3n) is 2.73. The van der Waals surface area contributed by atoms with E-state index in [1.54, 1.807) is 13.0 Å². The van der Waals surface area contributed by atoms with Crippen molar-refractivity contribution >= 4 is 11.0 Å². The first kappa shape index (κ1) is 18.0. The Morgan fingerprint density at radius 1 is 1.43 bits per heavy atom. The molecule has 7 heteroatoms. The van der Waals surface area contributed by atoms with E-state index in [-0.39, 0.29) is 10.8 Å². The van der Waals surface area contributed by atoms with Crippen molar-refractivity contribution in [3.63, 3.8) is 0 Å². The first-order valence-electron chi connectivity index (χ1n) is 6.66. The average molecular weight is 320 g/mol. The van der Waals surface area contributed by atoms with Crippen LogP contribution in [-0.4, -0.2) is 27.0 Å². The van der Waals surface area contributed by atoms with Crippen LogP contribution in [0, 0.1) is 6.92 Å². The molecule has 21 heavy (non-hydrogen) atoms. The second-order valence-corrected chi connectivity index (χ2v) is 7.80. The van der Waals surface area contributed by atoms with Crippen LogP contribution in [0.25, 0.3) is 0 Å². The van der Waals surface area contributed by atoms with Crippen molar-refractivity contribution in [3.8, 4) is 5.75 Å². The van der Waals surface area contributed by atoms with Gasteiger partial charge in [-0.15, -0.1) is 0 Å². The molecule has 0 bridgehead atoms. The fourth-order valence-corrected chi connectivity index (χ4v) is 2.30. The molecule has 0 aliphatic carbocycles. The van der Waals surface area contributed by atoms with Gasteiger partial charge < -0.3 is 4.74 Å². The molecule has 0 amide bonds. The highest BCUT2D eigenvalue weighted by atomic mass is 32.2. The van der Waals surface area contributed by atoms with Crippen molar-refractivity contribution < 1.29 is 17.7 Å². The maximum absolute atomic E-state index is 12.1. The maximum atomic E-state index is 12.1. The van der Waals surface area contributed by atoms with Crippen LogP contribution in [0.3, 0.4) is 0 Å². The molecule has 0 radical (unpaired) electrons. The first-order valence-corrected chi connectivity index (χ1v) is 7.81. The smallest absolute Gasteiger partial charge is 0.272 e. The molecule has 1 heterocycles. The molecule has 120 valence electrons. The van der Waals surface area contributed by atoms with Gasteiger partial charge in [-0.2, -0.15) is 0 Å². The van der Waals surface area contributed by atoms with Gasteiger partial charge in [-0.1, -0.05) is 0 Å². The van der Waals surface area contributed by atoms with Crippen molar-refractivity contribution in [3.05, 3.63) is 23.5 Å². The lowest BCUT2D eigenvalue weighted by Gasteiger charge is -2.22. The van der Waals surface area contributed by atoms with E-state index in [1.165, 1.54) is 6.20 Å². The van der Waals surface area contributed by atoms with E-state index in [0.717, 1.165) is 5.56 Å².